The third kappa shape index (κ3) is 5.72. The predicted octanol–water partition coefficient (Wildman–Crippen LogP) is 8.69. The van der Waals surface area contributed by atoms with Gasteiger partial charge in [-0.15, -0.1) is 0 Å². The van der Waals surface area contributed by atoms with Gasteiger partial charge in [-0.1, -0.05) is 75.0 Å². The third-order valence-corrected chi connectivity index (χ3v) is 7.71. The highest BCUT2D eigenvalue weighted by molar-refractivity contribution is 6.30. The van der Waals surface area contributed by atoms with Gasteiger partial charge in [0.25, 0.3) is 0 Å². The lowest BCUT2D eigenvalue weighted by molar-refractivity contribution is 0.199. The van der Waals surface area contributed by atoms with Crippen LogP contribution in [-0.2, 0) is 6.42 Å². The molecule has 164 valence electrons. The highest BCUT2D eigenvalue weighted by Gasteiger charge is 2.34. The molecular weight excluding hydrogens is 403 g/mol. The maximum Gasteiger partial charge on any atom is 0.143 e. The van der Waals surface area contributed by atoms with E-state index >= 15 is 0 Å². The van der Waals surface area contributed by atoms with Crippen molar-refractivity contribution in [2.24, 2.45) is 11.8 Å². The van der Waals surface area contributed by atoms with Crippen LogP contribution in [0.2, 0.25) is 5.02 Å². The van der Waals surface area contributed by atoms with Gasteiger partial charge in [-0.05, 0) is 91.3 Å². The number of aryl methyl sites for hydroxylation is 1. The Balaban J connectivity index is 1.37. The molecule has 2 aromatic rings. The lowest BCUT2D eigenvalue weighted by Crippen LogP contribution is -2.28. The minimum absolute atomic E-state index is 0.139. The molecule has 0 spiro atoms. The summed E-state index contributed by atoms with van der Waals surface area (Å²) >= 11 is 5.76. The summed E-state index contributed by atoms with van der Waals surface area (Å²) in [4.78, 5) is 0. The van der Waals surface area contributed by atoms with Crippen molar-refractivity contribution < 1.29 is 4.39 Å². The molecule has 0 N–H and O–H groups in total. The summed E-state index contributed by atoms with van der Waals surface area (Å²) in [6, 6.07) is 11.5. The van der Waals surface area contributed by atoms with Crippen molar-refractivity contribution >= 4 is 11.6 Å². The fourth-order valence-electron chi connectivity index (χ4n) is 5.71. The minimum atomic E-state index is -0.415. The standard InChI is InChI=1S/C29H34ClF/c1-2-3-4-5-6-7-21-10-15-26-24(18-21)13-14-25-19-22(11-16-27(25)26)8-9-23-12-17-28(30)29(31)20-23/h11-12,16-17,19-21,24,26H,2-7,10,13-15,18H2,1H3/t21-,24-,26+/m1/s1. The molecule has 2 aromatic carbocycles. The molecule has 1 saturated carbocycles. The van der Waals surface area contributed by atoms with Gasteiger partial charge < -0.3 is 0 Å². The van der Waals surface area contributed by atoms with Crippen LogP contribution in [0.5, 0.6) is 0 Å². The third-order valence-electron chi connectivity index (χ3n) is 7.40. The first-order valence-electron chi connectivity index (χ1n) is 12.2. The van der Waals surface area contributed by atoms with E-state index < -0.39 is 5.82 Å². The molecule has 0 aliphatic heterocycles. The monoisotopic (exact) mass is 436 g/mol. The first-order valence-corrected chi connectivity index (χ1v) is 12.6. The molecule has 31 heavy (non-hydrogen) atoms. The Morgan fingerprint density at radius 1 is 0.935 bits per heavy atom. The molecule has 0 radical (unpaired) electrons. The molecule has 4 rings (SSSR count). The molecule has 2 aliphatic rings. The van der Waals surface area contributed by atoms with E-state index in [0.717, 1.165) is 23.3 Å². The number of unbranched alkanes of at least 4 members (excludes halogenated alkanes) is 4. The Bertz CT molecular complexity index is 951. The molecule has 0 amide bonds. The fourth-order valence-corrected chi connectivity index (χ4v) is 5.83. The summed E-state index contributed by atoms with van der Waals surface area (Å²) in [5.41, 5.74) is 4.73. The lowest BCUT2D eigenvalue weighted by atomic mass is 9.64. The number of hydrogen-bond donors (Lipinski definition) is 0. The van der Waals surface area contributed by atoms with Gasteiger partial charge in [-0.3, -0.25) is 0 Å². The van der Waals surface area contributed by atoms with E-state index in [4.69, 9.17) is 11.6 Å². The highest BCUT2D eigenvalue weighted by Crippen LogP contribution is 2.48. The summed E-state index contributed by atoms with van der Waals surface area (Å²) in [5, 5.41) is 0.139. The van der Waals surface area contributed by atoms with Crippen LogP contribution in [0.3, 0.4) is 0 Å². The van der Waals surface area contributed by atoms with Crippen molar-refractivity contribution in [1.82, 2.24) is 0 Å². The summed E-state index contributed by atoms with van der Waals surface area (Å²) in [7, 11) is 0. The summed E-state index contributed by atoms with van der Waals surface area (Å²) in [6.07, 6.45) is 15.1. The van der Waals surface area contributed by atoms with Crippen molar-refractivity contribution in [3.05, 3.63) is 69.5 Å². The van der Waals surface area contributed by atoms with Crippen LogP contribution in [0.25, 0.3) is 0 Å². The number of hydrogen-bond acceptors (Lipinski definition) is 0. The number of rotatable bonds is 6. The Hall–Kier alpha value is -1.78. The van der Waals surface area contributed by atoms with Crippen molar-refractivity contribution in [1.29, 1.82) is 0 Å². The normalized spacial score (nSPS) is 22.2. The van der Waals surface area contributed by atoms with Crippen molar-refractivity contribution in [2.45, 2.75) is 83.5 Å². The van der Waals surface area contributed by atoms with Gasteiger partial charge in [-0.2, -0.15) is 0 Å². The van der Waals surface area contributed by atoms with E-state index in [9.17, 15) is 4.39 Å². The zero-order valence-electron chi connectivity index (χ0n) is 18.7. The molecule has 3 atom stereocenters. The van der Waals surface area contributed by atoms with Crippen LogP contribution in [0.1, 0.15) is 99.3 Å². The zero-order valence-corrected chi connectivity index (χ0v) is 19.5. The second-order valence-corrected chi connectivity index (χ2v) is 9.99. The van der Waals surface area contributed by atoms with E-state index in [2.05, 4.69) is 37.0 Å². The van der Waals surface area contributed by atoms with Crippen LogP contribution < -0.4 is 0 Å². The summed E-state index contributed by atoms with van der Waals surface area (Å²) < 4.78 is 13.6. The molecule has 0 saturated heterocycles. The number of fused-ring (bicyclic) bond motifs is 3. The average Bonchev–Trinajstić information content (AvgIpc) is 2.79. The fraction of sp³-hybridized carbons (Fsp3) is 0.517. The number of halogens is 2. The van der Waals surface area contributed by atoms with Gasteiger partial charge in [0.1, 0.15) is 5.82 Å². The molecule has 0 aromatic heterocycles. The van der Waals surface area contributed by atoms with Crippen LogP contribution in [0.15, 0.2) is 36.4 Å². The first kappa shape index (κ1) is 22.4. The van der Waals surface area contributed by atoms with E-state index in [-0.39, 0.29) is 5.02 Å². The average molecular weight is 437 g/mol. The van der Waals surface area contributed by atoms with Crippen LogP contribution in [-0.4, -0.2) is 0 Å². The Morgan fingerprint density at radius 3 is 2.52 bits per heavy atom. The van der Waals surface area contributed by atoms with E-state index in [1.165, 1.54) is 82.3 Å². The Labute approximate surface area is 192 Å². The quantitative estimate of drug-likeness (QED) is 0.313. The van der Waals surface area contributed by atoms with Gasteiger partial charge in [-0.25, -0.2) is 4.39 Å². The number of benzene rings is 2. The van der Waals surface area contributed by atoms with Gasteiger partial charge in [0, 0.05) is 11.1 Å². The Kier molecular flexibility index (Phi) is 7.73. The smallest absolute Gasteiger partial charge is 0.143 e. The van der Waals surface area contributed by atoms with Crippen molar-refractivity contribution in [2.75, 3.05) is 0 Å². The second-order valence-electron chi connectivity index (χ2n) is 9.58. The molecule has 0 unspecified atom stereocenters. The van der Waals surface area contributed by atoms with Gasteiger partial charge in [0.2, 0.25) is 0 Å². The second kappa shape index (κ2) is 10.7. The molecule has 1 fully saturated rings. The van der Waals surface area contributed by atoms with Gasteiger partial charge >= 0.3 is 0 Å². The van der Waals surface area contributed by atoms with Crippen molar-refractivity contribution in [3.63, 3.8) is 0 Å². The molecule has 2 heteroatoms. The molecule has 0 nitrogen and oxygen atoms in total. The first-order chi connectivity index (χ1) is 15.1. The van der Waals surface area contributed by atoms with E-state index in [1.54, 1.807) is 17.7 Å². The topological polar surface area (TPSA) is 0 Å². The SMILES string of the molecule is CCCCCCC[C@@H]1CC[C@@H]2c3ccc(C#Cc4ccc(Cl)c(F)c4)cc3CC[C@@H]2C1. The van der Waals surface area contributed by atoms with E-state index in [1.807, 2.05) is 0 Å². The predicted molar refractivity (Wildman–Crippen MR) is 129 cm³/mol. The maximum atomic E-state index is 13.6. The van der Waals surface area contributed by atoms with Crippen LogP contribution >= 0.6 is 11.6 Å². The van der Waals surface area contributed by atoms with Crippen LogP contribution in [0.4, 0.5) is 4.39 Å². The van der Waals surface area contributed by atoms with Gasteiger partial charge in [0.05, 0.1) is 5.02 Å². The van der Waals surface area contributed by atoms with Crippen molar-refractivity contribution in [3.8, 4) is 11.8 Å². The summed E-state index contributed by atoms with van der Waals surface area (Å²) in [6.45, 7) is 2.29. The van der Waals surface area contributed by atoms with Gasteiger partial charge in [0.15, 0.2) is 0 Å². The maximum absolute atomic E-state index is 13.6. The summed E-state index contributed by atoms with van der Waals surface area (Å²) in [5.74, 6) is 8.45. The minimum Gasteiger partial charge on any atom is -0.205 e. The molecular formula is C29H34ClF. The molecule has 0 bridgehead atoms. The van der Waals surface area contributed by atoms with E-state index in [0.29, 0.717) is 5.56 Å². The van der Waals surface area contributed by atoms with Crippen LogP contribution in [0, 0.1) is 29.5 Å². The molecule has 2 aliphatic carbocycles. The highest BCUT2D eigenvalue weighted by atomic mass is 35.5. The lowest BCUT2D eigenvalue weighted by Gasteiger charge is -2.40. The molecule has 0 heterocycles. The largest absolute Gasteiger partial charge is 0.205 e. The zero-order chi connectivity index (χ0) is 21.6. The Morgan fingerprint density at radius 2 is 1.71 bits per heavy atom.